The molecular formula is C12H22N2O. The molecule has 3 nitrogen and oxygen atoms in total. The van der Waals surface area contributed by atoms with Crippen LogP contribution in [0.25, 0.3) is 0 Å². The third-order valence-corrected chi connectivity index (χ3v) is 3.51. The number of hydrogen-bond acceptors (Lipinski definition) is 2. The molecule has 0 aromatic rings. The Morgan fingerprint density at radius 2 is 1.67 bits per heavy atom. The zero-order chi connectivity index (χ0) is 10.7. The van der Waals surface area contributed by atoms with Crippen molar-refractivity contribution in [2.45, 2.75) is 57.5 Å². The fourth-order valence-electron chi connectivity index (χ4n) is 2.21. The van der Waals surface area contributed by atoms with Gasteiger partial charge in [0.05, 0.1) is 6.54 Å². The maximum absolute atomic E-state index is 11.4. The zero-order valence-electron chi connectivity index (χ0n) is 9.59. The van der Waals surface area contributed by atoms with Gasteiger partial charge in [0.1, 0.15) is 0 Å². The lowest BCUT2D eigenvalue weighted by molar-refractivity contribution is -0.120. The lowest BCUT2D eigenvalue weighted by Crippen LogP contribution is -2.41. The summed E-state index contributed by atoms with van der Waals surface area (Å²) >= 11 is 0. The molecule has 0 aromatic carbocycles. The quantitative estimate of drug-likeness (QED) is 0.737. The summed E-state index contributed by atoms with van der Waals surface area (Å²) in [5, 5.41) is 6.36. The van der Waals surface area contributed by atoms with Gasteiger partial charge in [-0.25, -0.2) is 0 Å². The largest absolute Gasteiger partial charge is 0.352 e. The van der Waals surface area contributed by atoms with Gasteiger partial charge in [0.25, 0.3) is 0 Å². The first-order valence-electron chi connectivity index (χ1n) is 6.27. The Bertz CT molecular complexity index is 218. The molecule has 3 heteroatoms. The van der Waals surface area contributed by atoms with Gasteiger partial charge >= 0.3 is 0 Å². The summed E-state index contributed by atoms with van der Waals surface area (Å²) in [6.07, 6.45) is 7.43. The Labute approximate surface area is 92.0 Å². The van der Waals surface area contributed by atoms with E-state index in [1.165, 1.54) is 38.5 Å². The van der Waals surface area contributed by atoms with E-state index in [1.54, 1.807) is 0 Å². The highest BCUT2D eigenvalue weighted by atomic mass is 16.2. The van der Waals surface area contributed by atoms with Crippen LogP contribution < -0.4 is 10.6 Å². The Hall–Kier alpha value is -0.570. The van der Waals surface area contributed by atoms with Gasteiger partial charge in [-0.3, -0.25) is 4.79 Å². The number of amides is 1. The first kappa shape index (κ1) is 10.9. The van der Waals surface area contributed by atoms with E-state index >= 15 is 0 Å². The van der Waals surface area contributed by atoms with Gasteiger partial charge in [0.2, 0.25) is 5.91 Å². The average Bonchev–Trinajstić information content (AvgIpc) is 3.01. The fourth-order valence-corrected chi connectivity index (χ4v) is 2.21. The lowest BCUT2D eigenvalue weighted by atomic mass is 9.87. The van der Waals surface area contributed by atoms with Crippen molar-refractivity contribution < 1.29 is 4.79 Å². The molecule has 0 spiro atoms. The van der Waals surface area contributed by atoms with E-state index in [9.17, 15) is 4.79 Å². The third-order valence-electron chi connectivity index (χ3n) is 3.51. The van der Waals surface area contributed by atoms with E-state index in [1.807, 2.05) is 0 Å². The van der Waals surface area contributed by atoms with Crippen LogP contribution in [0.2, 0.25) is 0 Å². The SMILES string of the molecule is CC1CCC(NCC(=O)NC2CC2)CC1. The van der Waals surface area contributed by atoms with Crippen molar-refractivity contribution in [1.82, 2.24) is 10.6 Å². The van der Waals surface area contributed by atoms with Crippen molar-refractivity contribution in [3.05, 3.63) is 0 Å². The minimum absolute atomic E-state index is 0.177. The molecular weight excluding hydrogens is 188 g/mol. The van der Waals surface area contributed by atoms with Crippen molar-refractivity contribution >= 4 is 5.91 Å². The van der Waals surface area contributed by atoms with E-state index in [-0.39, 0.29) is 5.91 Å². The summed E-state index contributed by atoms with van der Waals surface area (Å²) < 4.78 is 0. The molecule has 0 radical (unpaired) electrons. The van der Waals surface area contributed by atoms with Crippen molar-refractivity contribution in [1.29, 1.82) is 0 Å². The Morgan fingerprint density at radius 3 is 2.27 bits per heavy atom. The number of rotatable bonds is 4. The van der Waals surface area contributed by atoms with E-state index in [0.29, 0.717) is 18.6 Å². The lowest BCUT2D eigenvalue weighted by Gasteiger charge is -2.26. The number of hydrogen-bond donors (Lipinski definition) is 2. The second-order valence-electron chi connectivity index (χ2n) is 5.18. The molecule has 0 heterocycles. The second kappa shape index (κ2) is 4.97. The highest BCUT2D eigenvalue weighted by Crippen LogP contribution is 2.23. The van der Waals surface area contributed by atoms with Crippen LogP contribution in [-0.4, -0.2) is 24.5 Å². The molecule has 0 aliphatic heterocycles. The third kappa shape index (κ3) is 3.82. The predicted molar refractivity (Wildman–Crippen MR) is 60.6 cm³/mol. The molecule has 2 N–H and O–H groups in total. The number of nitrogens with one attached hydrogen (secondary N) is 2. The van der Waals surface area contributed by atoms with Crippen molar-refractivity contribution in [2.24, 2.45) is 5.92 Å². The molecule has 0 unspecified atom stereocenters. The van der Waals surface area contributed by atoms with Crippen LogP contribution >= 0.6 is 0 Å². The van der Waals surface area contributed by atoms with Crippen LogP contribution in [0, 0.1) is 5.92 Å². The molecule has 0 bridgehead atoms. The number of carbonyl (C=O) groups is 1. The fraction of sp³-hybridized carbons (Fsp3) is 0.917. The minimum atomic E-state index is 0.177. The monoisotopic (exact) mass is 210 g/mol. The summed E-state index contributed by atoms with van der Waals surface area (Å²) in [7, 11) is 0. The maximum atomic E-state index is 11.4. The predicted octanol–water partition coefficient (Wildman–Crippen LogP) is 1.43. The van der Waals surface area contributed by atoms with E-state index in [2.05, 4.69) is 17.6 Å². The molecule has 1 amide bonds. The Kier molecular flexibility index (Phi) is 3.62. The molecule has 0 aromatic heterocycles. The van der Waals surface area contributed by atoms with Crippen molar-refractivity contribution in [2.75, 3.05) is 6.54 Å². The maximum Gasteiger partial charge on any atom is 0.234 e. The smallest absolute Gasteiger partial charge is 0.234 e. The summed E-state index contributed by atoms with van der Waals surface area (Å²) in [6.45, 7) is 2.82. The molecule has 15 heavy (non-hydrogen) atoms. The van der Waals surface area contributed by atoms with E-state index < -0.39 is 0 Å². The van der Waals surface area contributed by atoms with Crippen LogP contribution in [0.5, 0.6) is 0 Å². The highest BCUT2D eigenvalue weighted by Gasteiger charge is 2.24. The molecule has 86 valence electrons. The first-order valence-corrected chi connectivity index (χ1v) is 6.27. The summed E-state index contributed by atoms with van der Waals surface area (Å²) in [4.78, 5) is 11.4. The van der Waals surface area contributed by atoms with Crippen LogP contribution in [-0.2, 0) is 4.79 Å². The molecule has 2 aliphatic carbocycles. The Morgan fingerprint density at radius 1 is 1.07 bits per heavy atom. The summed E-state index contributed by atoms with van der Waals surface area (Å²) in [5.74, 6) is 1.06. The van der Waals surface area contributed by atoms with Gasteiger partial charge in [-0.15, -0.1) is 0 Å². The first-order chi connectivity index (χ1) is 7.24. The zero-order valence-corrected chi connectivity index (χ0v) is 9.59. The molecule has 0 saturated heterocycles. The summed E-state index contributed by atoms with van der Waals surface area (Å²) in [6, 6.07) is 1.07. The second-order valence-corrected chi connectivity index (χ2v) is 5.18. The molecule has 2 saturated carbocycles. The summed E-state index contributed by atoms with van der Waals surface area (Å²) in [5.41, 5.74) is 0. The van der Waals surface area contributed by atoms with Gasteiger partial charge in [-0.2, -0.15) is 0 Å². The van der Waals surface area contributed by atoms with Crippen LogP contribution in [0.3, 0.4) is 0 Å². The van der Waals surface area contributed by atoms with Crippen LogP contribution in [0.1, 0.15) is 45.4 Å². The van der Waals surface area contributed by atoms with Crippen molar-refractivity contribution in [3.63, 3.8) is 0 Å². The van der Waals surface area contributed by atoms with Gasteiger partial charge in [0.15, 0.2) is 0 Å². The minimum Gasteiger partial charge on any atom is -0.352 e. The van der Waals surface area contributed by atoms with E-state index in [0.717, 1.165) is 5.92 Å². The normalized spacial score (nSPS) is 31.3. The molecule has 2 fully saturated rings. The van der Waals surface area contributed by atoms with Crippen LogP contribution in [0.4, 0.5) is 0 Å². The number of carbonyl (C=O) groups excluding carboxylic acids is 1. The van der Waals surface area contributed by atoms with Gasteiger partial charge < -0.3 is 10.6 Å². The standard InChI is InChI=1S/C12H22N2O/c1-9-2-4-10(5-3-9)13-8-12(15)14-11-6-7-11/h9-11,13H,2-8H2,1H3,(H,14,15). The highest BCUT2D eigenvalue weighted by molar-refractivity contribution is 5.78. The average molecular weight is 210 g/mol. The molecule has 0 atom stereocenters. The van der Waals surface area contributed by atoms with E-state index in [4.69, 9.17) is 0 Å². The van der Waals surface area contributed by atoms with Crippen LogP contribution in [0.15, 0.2) is 0 Å². The van der Waals surface area contributed by atoms with Gasteiger partial charge in [0, 0.05) is 12.1 Å². The molecule has 2 rings (SSSR count). The topological polar surface area (TPSA) is 41.1 Å². The van der Waals surface area contributed by atoms with Gasteiger partial charge in [-0.1, -0.05) is 6.92 Å². The van der Waals surface area contributed by atoms with Crippen molar-refractivity contribution in [3.8, 4) is 0 Å². The van der Waals surface area contributed by atoms with Gasteiger partial charge in [-0.05, 0) is 44.4 Å². The Balaban J connectivity index is 1.58. The molecule has 2 aliphatic rings.